The van der Waals surface area contributed by atoms with Crippen LogP contribution in [0.15, 0.2) is 12.3 Å². The molecule has 1 fully saturated rings. The Hall–Kier alpha value is -2.18. The molecule has 0 saturated heterocycles. The van der Waals surface area contributed by atoms with E-state index in [1.807, 2.05) is 0 Å². The molecule has 21 heavy (non-hydrogen) atoms. The summed E-state index contributed by atoms with van der Waals surface area (Å²) in [5, 5.41) is 14.7. The molecule has 1 saturated carbocycles. The zero-order chi connectivity index (χ0) is 15.3. The summed E-state index contributed by atoms with van der Waals surface area (Å²) >= 11 is 0. The Morgan fingerprint density at radius 3 is 2.67 bits per heavy atom. The van der Waals surface area contributed by atoms with Crippen LogP contribution in [0.3, 0.4) is 0 Å². The standard InChI is InChI=1S/C14H20N4O3/c1-10-15-8-5-11(17-10)9-16-13(21)18-14(12(19)20)6-3-2-4-7-14/h5,8H,2-4,6-7,9H2,1H3,(H,19,20)(H2,16,18,21). The number of amides is 2. The molecule has 3 N–H and O–H groups in total. The van der Waals surface area contributed by atoms with Crippen LogP contribution in [0.4, 0.5) is 4.79 Å². The van der Waals surface area contributed by atoms with E-state index in [1.165, 1.54) is 0 Å². The number of nitrogens with one attached hydrogen (secondary N) is 2. The molecule has 0 unspecified atom stereocenters. The van der Waals surface area contributed by atoms with E-state index < -0.39 is 17.5 Å². The second-order valence-electron chi connectivity index (χ2n) is 5.35. The minimum Gasteiger partial charge on any atom is -0.480 e. The van der Waals surface area contributed by atoms with Crippen LogP contribution in [0.5, 0.6) is 0 Å². The summed E-state index contributed by atoms with van der Waals surface area (Å²) in [5.41, 5.74) is -0.449. The second-order valence-corrected chi connectivity index (χ2v) is 5.35. The summed E-state index contributed by atoms with van der Waals surface area (Å²) < 4.78 is 0. The van der Waals surface area contributed by atoms with E-state index in [9.17, 15) is 14.7 Å². The lowest BCUT2D eigenvalue weighted by Gasteiger charge is -2.33. The van der Waals surface area contributed by atoms with E-state index in [4.69, 9.17) is 0 Å². The fraction of sp³-hybridized carbons (Fsp3) is 0.571. The highest BCUT2D eigenvalue weighted by Crippen LogP contribution is 2.28. The Morgan fingerprint density at radius 2 is 2.05 bits per heavy atom. The predicted molar refractivity (Wildman–Crippen MR) is 75.6 cm³/mol. The fourth-order valence-electron chi connectivity index (χ4n) is 2.58. The summed E-state index contributed by atoms with van der Waals surface area (Å²) in [4.78, 5) is 31.6. The Kier molecular flexibility index (Phi) is 4.72. The van der Waals surface area contributed by atoms with Gasteiger partial charge in [0.25, 0.3) is 0 Å². The van der Waals surface area contributed by atoms with Crippen LogP contribution in [0.1, 0.15) is 43.6 Å². The first-order chi connectivity index (χ1) is 10.0. The predicted octanol–water partition coefficient (Wildman–Crippen LogP) is 1.37. The number of carboxylic acid groups (broad SMARTS) is 1. The van der Waals surface area contributed by atoms with Crippen molar-refractivity contribution in [1.82, 2.24) is 20.6 Å². The molecule has 1 aliphatic rings. The van der Waals surface area contributed by atoms with Gasteiger partial charge in [-0.2, -0.15) is 0 Å². The fourth-order valence-corrected chi connectivity index (χ4v) is 2.58. The SMILES string of the molecule is Cc1nccc(CNC(=O)NC2(C(=O)O)CCCCC2)n1. The Labute approximate surface area is 123 Å². The number of nitrogens with zero attached hydrogens (tertiary/aromatic N) is 2. The van der Waals surface area contributed by atoms with Gasteiger partial charge >= 0.3 is 12.0 Å². The summed E-state index contributed by atoms with van der Waals surface area (Å²) in [5.74, 6) is -0.334. The van der Waals surface area contributed by atoms with Gasteiger partial charge in [-0.3, -0.25) is 0 Å². The lowest BCUT2D eigenvalue weighted by atomic mass is 9.82. The zero-order valence-corrected chi connectivity index (χ0v) is 12.1. The average Bonchev–Trinajstić information content (AvgIpc) is 2.46. The number of aliphatic carboxylic acids is 1. The maximum absolute atomic E-state index is 12.0. The van der Waals surface area contributed by atoms with Gasteiger partial charge in [0.1, 0.15) is 11.4 Å². The Balaban J connectivity index is 1.92. The molecule has 1 aliphatic carbocycles. The van der Waals surface area contributed by atoms with Crippen molar-refractivity contribution in [2.75, 3.05) is 0 Å². The van der Waals surface area contributed by atoms with Crippen molar-refractivity contribution in [3.8, 4) is 0 Å². The quantitative estimate of drug-likeness (QED) is 0.777. The highest BCUT2D eigenvalue weighted by Gasteiger charge is 2.40. The van der Waals surface area contributed by atoms with E-state index in [0.29, 0.717) is 24.4 Å². The van der Waals surface area contributed by atoms with E-state index >= 15 is 0 Å². The number of carbonyl (C=O) groups is 2. The molecule has 0 radical (unpaired) electrons. The van der Waals surface area contributed by atoms with Gasteiger partial charge in [-0.15, -0.1) is 0 Å². The number of urea groups is 1. The smallest absolute Gasteiger partial charge is 0.329 e. The monoisotopic (exact) mass is 292 g/mol. The minimum atomic E-state index is -1.13. The van der Waals surface area contributed by atoms with E-state index in [-0.39, 0.29) is 6.54 Å². The van der Waals surface area contributed by atoms with Crippen LogP contribution in [-0.4, -0.2) is 32.6 Å². The largest absolute Gasteiger partial charge is 0.480 e. The Morgan fingerprint density at radius 1 is 1.33 bits per heavy atom. The molecule has 2 rings (SSSR count). The normalized spacial score (nSPS) is 17.0. The van der Waals surface area contributed by atoms with E-state index in [0.717, 1.165) is 19.3 Å². The van der Waals surface area contributed by atoms with Gasteiger partial charge in [0.15, 0.2) is 0 Å². The molecular formula is C14H20N4O3. The molecule has 7 nitrogen and oxygen atoms in total. The number of hydrogen-bond donors (Lipinski definition) is 3. The molecule has 1 aromatic heterocycles. The van der Waals surface area contributed by atoms with Crippen molar-refractivity contribution in [1.29, 1.82) is 0 Å². The third-order valence-electron chi connectivity index (χ3n) is 3.73. The number of aryl methyl sites for hydroxylation is 1. The van der Waals surface area contributed by atoms with Gasteiger partial charge in [-0.1, -0.05) is 19.3 Å². The maximum Gasteiger partial charge on any atom is 0.329 e. The zero-order valence-electron chi connectivity index (χ0n) is 12.1. The number of rotatable bonds is 4. The number of aromatic nitrogens is 2. The third kappa shape index (κ3) is 3.90. The van der Waals surface area contributed by atoms with Gasteiger partial charge in [0.05, 0.1) is 12.2 Å². The average molecular weight is 292 g/mol. The number of carbonyl (C=O) groups excluding carboxylic acids is 1. The first kappa shape index (κ1) is 15.2. The van der Waals surface area contributed by atoms with Crippen molar-refractivity contribution in [2.45, 2.75) is 51.1 Å². The van der Waals surface area contributed by atoms with Gasteiger partial charge in [-0.25, -0.2) is 19.6 Å². The first-order valence-electron chi connectivity index (χ1n) is 7.10. The topological polar surface area (TPSA) is 104 Å². The number of carboxylic acids is 1. The molecule has 114 valence electrons. The highest BCUT2D eigenvalue weighted by atomic mass is 16.4. The molecule has 7 heteroatoms. The molecule has 1 heterocycles. The highest BCUT2D eigenvalue weighted by molar-refractivity contribution is 5.86. The lowest BCUT2D eigenvalue weighted by molar-refractivity contribution is -0.145. The molecule has 0 aliphatic heterocycles. The molecule has 0 aromatic carbocycles. The maximum atomic E-state index is 12.0. The molecule has 0 atom stereocenters. The van der Waals surface area contributed by atoms with Gasteiger partial charge in [0.2, 0.25) is 0 Å². The molecule has 1 aromatic rings. The Bertz CT molecular complexity index is 527. The summed E-state index contributed by atoms with van der Waals surface area (Å²) in [6.45, 7) is 2.01. The molecule has 0 spiro atoms. The van der Waals surface area contributed by atoms with Crippen molar-refractivity contribution < 1.29 is 14.7 Å². The third-order valence-corrected chi connectivity index (χ3v) is 3.73. The van der Waals surface area contributed by atoms with Gasteiger partial charge in [-0.05, 0) is 25.8 Å². The van der Waals surface area contributed by atoms with Gasteiger partial charge < -0.3 is 15.7 Å². The van der Waals surface area contributed by atoms with Crippen LogP contribution in [0.2, 0.25) is 0 Å². The van der Waals surface area contributed by atoms with Crippen LogP contribution in [0, 0.1) is 6.92 Å². The molecule has 0 bridgehead atoms. The van der Waals surface area contributed by atoms with Crippen molar-refractivity contribution >= 4 is 12.0 Å². The van der Waals surface area contributed by atoms with Crippen LogP contribution in [0.25, 0.3) is 0 Å². The second kappa shape index (κ2) is 6.51. The van der Waals surface area contributed by atoms with Crippen LogP contribution >= 0.6 is 0 Å². The minimum absolute atomic E-state index is 0.241. The van der Waals surface area contributed by atoms with Crippen molar-refractivity contribution in [2.24, 2.45) is 0 Å². The van der Waals surface area contributed by atoms with E-state index in [1.54, 1.807) is 19.2 Å². The molecule has 2 amide bonds. The number of hydrogen-bond acceptors (Lipinski definition) is 4. The summed E-state index contributed by atoms with van der Waals surface area (Å²) in [7, 11) is 0. The molecular weight excluding hydrogens is 272 g/mol. The van der Waals surface area contributed by atoms with Crippen LogP contribution in [-0.2, 0) is 11.3 Å². The van der Waals surface area contributed by atoms with Crippen molar-refractivity contribution in [3.63, 3.8) is 0 Å². The van der Waals surface area contributed by atoms with Gasteiger partial charge in [0, 0.05) is 6.20 Å². The lowest BCUT2D eigenvalue weighted by Crippen LogP contribution is -2.57. The van der Waals surface area contributed by atoms with E-state index in [2.05, 4.69) is 20.6 Å². The first-order valence-corrected chi connectivity index (χ1v) is 7.10. The van der Waals surface area contributed by atoms with Crippen molar-refractivity contribution in [3.05, 3.63) is 23.8 Å². The summed E-state index contributed by atoms with van der Waals surface area (Å²) in [6.07, 6.45) is 5.22. The summed E-state index contributed by atoms with van der Waals surface area (Å²) in [6, 6.07) is 1.23. The van der Waals surface area contributed by atoms with Crippen LogP contribution < -0.4 is 10.6 Å².